The molecule has 1 aromatic heterocycles. The fourth-order valence-electron chi connectivity index (χ4n) is 1.37. The molecule has 0 radical (unpaired) electrons. The van der Waals surface area contributed by atoms with Gasteiger partial charge in [0.1, 0.15) is 0 Å². The third-order valence-electron chi connectivity index (χ3n) is 1.76. The minimum Gasteiger partial charge on any atom is -0.380 e. The molecule has 0 amide bonds. The van der Waals surface area contributed by atoms with Gasteiger partial charge in [0.05, 0.1) is 11.9 Å². The molecule has 3 nitrogen and oxygen atoms in total. The normalized spacial score (nSPS) is 12.9. The Labute approximate surface area is 93.7 Å². The lowest BCUT2D eigenvalue weighted by atomic mass is 10.3. The molecule has 0 aliphatic heterocycles. The minimum absolute atomic E-state index is 0.418. The number of nitrogens with zero attached hydrogens (tertiary/aromatic N) is 2. The summed E-state index contributed by atoms with van der Waals surface area (Å²) in [4.78, 5) is 6.25. The van der Waals surface area contributed by atoms with E-state index in [9.17, 15) is 0 Å². The van der Waals surface area contributed by atoms with Gasteiger partial charge in [-0.1, -0.05) is 0 Å². The quantitative estimate of drug-likeness (QED) is 0.897. The maximum Gasteiger partial charge on any atom is 0.0540 e. The van der Waals surface area contributed by atoms with E-state index >= 15 is 0 Å². The van der Waals surface area contributed by atoms with E-state index in [0.29, 0.717) is 6.04 Å². The molecule has 1 atom stereocenters. The fourth-order valence-corrected chi connectivity index (χ4v) is 1.73. The topological polar surface area (TPSA) is 28.2 Å². The van der Waals surface area contributed by atoms with Gasteiger partial charge in [0.25, 0.3) is 0 Å². The van der Waals surface area contributed by atoms with Gasteiger partial charge in [0.2, 0.25) is 0 Å². The van der Waals surface area contributed by atoms with Crippen molar-refractivity contribution in [2.24, 2.45) is 0 Å². The summed E-state index contributed by atoms with van der Waals surface area (Å²) in [5, 5.41) is 3.38. The summed E-state index contributed by atoms with van der Waals surface area (Å²) < 4.78 is 1.000. The van der Waals surface area contributed by atoms with Crippen LogP contribution in [0.3, 0.4) is 0 Å². The first-order valence-electron chi connectivity index (χ1n) is 4.60. The number of nitrogens with one attached hydrogen (secondary N) is 1. The van der Waals surface area contributed by atoms with Crippen molar-refractivity contribution in [3.05, 3.63) is 22.9 Å². The highest BCUT2D eigenvalue weighted by atomic mass is 79.9. The van der Waals surface area contributed by atoms with Gasteiger partial charge in [0.15, 0.2) is 0 Å². The highest BCUT2D eigenvalue weighted by Gasteiger charge is 2.03. The Balaban J connectivity index is 2.51. The zero-order valence-electron chi connectivity index (χ0n) is 8.79. The van der Waals surface area contributed by atoms with Crippen LogP contribution < -0.4 is 5.32 Å². The van der Waals surface area contributed by atoms with E-state index in [-0.39, 0.29) is 0 Å². The summed E-state index contributed by atoms with van der Waals surface area (Å²) in [5.74, 6) is 0. The predicted molar refractivity (Wildman–Crippen MR) is 63.6 cm³/mol. The van der Waals surface area contributed by atoms with Crippen LogP contribution in [0.15, 0.2) is 22.9 Å². The molecular formula is C10H16BrN3. The average Bonchev–Trinajstić information content (AvgIpc) is 2.01. The van der Waals surface area contributed by atoms with E-state index in [1.807, 2.05) is 12.3 Å². The minimum atomic E-state index is 0.418. The van der Waals surface area contributed by atoms with Crippen LogP contribution in [-0.4, -0.2) is 36.6 Å². The van der Waals surface area contributed by atoms with Gasteiger partial charge in [-0.2, -0.15) is 0 Å². The molecule has 0 bridgehead atoms. The Bertz CT molecular complexity index is 288. The molecule has 78 valence electrons. The SMILES string of the molecule is CC(CN(C)C)Nc1cncc(Br)c1. The maximum absolute atomic E-state index is 4.09. The lowest BCUT2D eigenvalue weighted by Gasteiger charge is -2.19. The number of anilines is 1. The standard InChI is InChI=1S/C10H16BrN3/c1-8(7-14(2)3)13-10-4-9(11)5-12-6-10/h4-6,8,13H,7H2,1-3H3. The van der Waals surface area contributed by atoms with Crippen molar-refractivity contribution in [2.75, 3.05) is 26.0 Å². The molecule has 1 unspecified atom stereocenters. The molecule has 1 heterocycles. The zero-order chi connectivity index (χ0) is 10.6. The zero-order valence-corrected chi connectivity index (χ0v) is 10.4. The molecular weight excluding hydrogens is 242 g/mol. The lowest BCUT2D eigenvalue weighted by molar-refractivity contribution is 0.392. The molecule has 0 saturated heterocycles. The highest BCUT2D eigenvalue weighted by Crippen LogP contribution is 2.14. The third-order valence-corrected chi connectivity index (χ3v) is 2.19. The van der Waals surface area contributed by atoms with Crippen molar-refractivity contribution in [3.63, 3.8) is 0 Å². The van der Waals surface area contributed by atoms with Crippen LogP contribution in [-0.2, 0) is 0 Å². The second kappa shape index (κ2) is 5.32. The van der Waals surface area contributed by atoms with Crippen LogP contribution in [0.25, 0.3) is 0 Å². The summed E-state index contributed by atoms with van der Waals surface area (Å²) in [5.41, 5.74) is 1.05. The number of hydrogen-bond donors (Lipinski definition) is 1. The van der Waals surface area contributed by atoms with Crippen LogP contribution in [0, 0.1) is 0 Å². The Morgan fingerprint density at radius 3 is 2.79 bits per heavy atom. The van der Waals surface area contributed by atoms with Crippen LogP contribution in [0.4, 0.5) is 5.69 Å². The smallest absolute Gasteiger partial charge is 0.0540 e. The summed E-state index contributed by atoms with van der Waals surface area (Å²) in [6.07, 6.45) is 3.61. The predicted octanol–water partition coefficient (Wildman–Crippen LogP) is 2.21. The summed E-state index contributed by atoms with van der Waals surface area (Å²) in [6.45, 7) is 3.16. The van der Waals surface area contributed by atoms with Crippen molar-refractivity contribution in [2.45, 2.75) is 13.0 Å². The largest absolute Gasteiger partial charge is 0.380 e. The number of rotatable bonds is 4. The Morgan fingerprint density at radius 2 is 2.21 bits per heavy atom. The monoisotopic (exact) mass is 257 g/mol. The molecule has 0 aliphatic carbocycles. The second-order valence-corrected chi connectivity index (χ2v) is 4.62. The van der Waals surface area contributed by atoms with Crippen molar-refractivity contribution in [3.8, 4) is 0 Å². The lowest BCUT2D eigenvalue weighted by Crippen LogP contribution is -2.29. The van der Waals surface area contributed by atoms with Crippen molar-refractivity contribution in [1.29, 1.82) is 0 Å². The van der Waals surface area contributed by atoms with Gasteiger partial charge in [-0.25, -0.2) is 0 Å². The van der Waals surface area contributed by atoms with Crippen molar-refractivity contribution in [1.82, 2.24) is 9.88 Å². The van der Waals surface area contributed by atoms with E-state index < -0.39 is 0 Å². The number of pyridine rings is 1. The molecule has 1 aromatic rings. The van der Waals surface area contributed by atoms with Gasteiger partial charge in [-0.05, 0) is 43.0 Å². The van der Waals surface area contributed by atoms with Crippen LogP contribution in [0.5, 0.6) is 0 Å². The van der Waals surface area contributed by atoms with Gasteiger partial charge < -0.3 is 10.2 Å². The number of aromatic nitrogens is 1. The fraction of sp³-hybridized carbons (Fsp3) is 0.500. The number of hydrogen-bond acceptors (Lipinski definition) is 3. The molecule has 4 heteroatoms. The van der Waals surface area contributed by atoms with E-state index in [2.05, 4.69) is 52.1 Å². The summed E-state index contributed by atoms with van der Waals surface area (Å²) >= 11 is 3.39. The molecule has 0 saturated carbocycles. The molecule has 0 aromatic carbocycles. The Kier molecular flexibility index (Phi) is 4.35. The van der Waals surface area contributed by atoms with Crippen molar-refractivity contribution >= 4 is 21.6 Å². The van der Waals surface area contributed by atoms with Gasteiger partial charge in [-0.15, -0.1) is 0 Å². The molecule has 14 heavy (non-hydrogen) atoms. The highest BCUT2D eigenvalue weighted by molar-refractivity contribution is 9.10. The molecule has 0 aliphatic rings. The maximum atomic E-state index is 4.09. The Morgan fingerprint density at radius 1 is 1.50 bits per heavy atom. The van der Waals surface area contributed by atoms with Gasteiger partial charge >= 0.3 is 0 Å². The molecule has 0 spiro atoms. The molecule has 1 N–H and O–H groups in total. The van der Waals surface area contributed by atoms with Crippen LogP contribution in [0.1, 0.15) is 6.92 Å². The third kappa shape index (κ3) is 4.07. The van der Waals surface area contributed by atoms with Gasteiger partial charge in [0, 0.05) is 23.3 Å². The summed E-state index contributed by atoms with van der Waals surface area (Å²) in [6, 6.07) is 2.44. The van der Waals surface area contributed by atoms with E-state index in [4.69, 9.17) is 0 Å². The van der Waals surface area contributed by atoms with Gasteiger partial charge in [-0.3, -0.25) is 4.98 Å². The number of likely N-dealkylation sites (N-methyl/N-ethyl adjacent to an activating group) is 1. The first-order chi connectivity index (χ1) is 6.58. The molecule has 0 fully saturated rings. The van der Waals surface area contributed by atoms with Crippen LogP contribution in [0.2, 0.25) is 0 Å². The van der Waals surface area contributed by atoms with E-state index in [1.165, 1.54) is 0 Å². The second-order valence-electron chi connectivity index (χ2n) is 3.70. The van der Waals surface area contributed by atoms with Crippen molar-refractivity contribution < 1.29 is 0 Å². The molecule has 1 rings (SSSR count). The average molecular weight is 258 g/mol. The van der Waals surface area contributed by atoms with Crippen LogP contribution >= 0.6 is 15.9 Å². The number of halogens is 1. The van der Waals surface area contributed by atoms with E-state index in [0.717, 1.165) is 16.7 Å². The first kappa shape index (κ1) is 11.5. The Hall–Kier alpha value is -0.610. The summed E-state index contributed by atoms with van der Waals surface area (Å²) in [7, 11) is 4.13. The van der Waals surface area contributed by atoms with E-state index in [1.54, 1.807) is 6.20 Å². The first-order valence-corrected chi connectivity index (χ1v) is 5.39.